The van der Waals surface area contributed by atoms with E-state index in [0.29, 0.717) is 42.3 Å². The van der Waals surface area contributed by atoms with Crippen molar-refractivity contribution in [2.75, 3.05) is 13.1 Å². The number of hydrogen-bond acceptors (Lipinski definition) is 4. The average molecular weight is 403 g/mol. The van der Waals surface area contributed by atoms with Crippen molar-refractivity contribution in [3.8, 4) is 11.5 Å². The molecule has 1 aliphatic heterocycles. The predicted molar refractivity (Wildman–Crippen MR) is 107 cm³/mol. The molecule has 1 heterocycles. The summed E-state index contributed by atoms with van der Waals surface area (Å²) in [4.78, 5) is 26.7. The second-order valence-corrected chi connectivity index (χ2v) is 7.27. The molecule has 2 amide bonds. The standard InChI is InChI=1S/C21H23ClN2O4/c1-14(28-19-8-6-18(25)7-9-19)20(26)23-17-10-12-24(13-11-17)21(27)15-2-4-16(22)5-3-15/h2-9,14,17,25H,10-13H2,1H3,(H,23,26). The van der Waals surface area contributed by atoms with Crippen molar-refractivity contribution < 1.29 is 19.4 Å². The molecule has 0 radical (unpaired) electrons. The molecule has 6 nitrogen and oxygen atoms in total. The molecule has 3 rings (SSSR count). The zero-order valence-corrected chi connectivity index (χ0v) is 16.4. The number of amides is 2. The maximum atomic E-state index is 12.5. The van der Waals surface area contributed by atoms with Gasteiger partial charge in [0, 0.05) is 29.7 Å². The van der Waals surface area contributed by atoms with Crippen LogP contribution in [0, 0.1) is 0 Å². The summed E-state index contributed by atoms with van der Waals surface area (Å²) < 4.78 is 5.60. The second kappa shape index (κ2) is 8.97. The molecule has 28 heavy (non-hydrogen) atoms. The Kier molecular flexibility index (Phi) is 6.41. The third-order valence-electron chi connectivity index (χ3n) is 4.74. The summed E-state index contributed by atoms with van der Waals surface area (Å²) in [6.45, 7) is 2.85. The van der Waals surface area contributed by atoms with E-state index >= 15 is 0 Å². The number of phenolic OH excluding ortho intramolecular Hbond substituents is 1. The Morgan fingerprint density at radius 2 is 1.71 bits per heavy atom. The lowest BCUT2D eigenvalue weighted by Crippen LogP contribution is -2.49. The first-order valence-electron chi connectivity index (χ1n) is 9.23. The van der Waals surface area contributed by atoms with Gasteiger partial charge in [0.05, 0.1) is 0 Å². The number of ether oxygens (including phenoxy) is 1. The molecular weight excluding hydrogens is 380 g/mol. The molecule has 0 aliphatic carbocycles. The van der Waals surface area contributed by atoms with Gasteiger partial charge in [-0.05, 0) is 68.3 Å². The van der Waals surface area contributed by atoms with Crippen molar-refractivity contribution >= 4 is 23.4 Å². The summed E-state index contributed by atoms with van der Waals surface area (Å²) in [5.41, 5.74) is 0.614. The Bertz CT molecular complexity index is 815. The molecule has 0 aromatic heterocycles. The van der Waals surface area contributed by atoms with Crippen LogP contribution in [0.5, 0.6) is 11.5 Å². The first kappa shape index (κ1) is 20.0. The fourth-order valence-corrected chi connectivity index (χ4v) is 3.23. The summed E-state index contributed by atoms with van der Waals surface area (Å²) in [6.07, 6.45) is 0.729. The number of rotatable bonds is 5. The number of carbonyl (C=O) groups excluding carboxylic acids is 2. The fraction of sp³-hybridized carbons (Fsp3) is 0.333. The first-order valence-corrected chi connectivity index (χ1v) is 9.61. The van der Waals surface area contributed by atoms with Crippen LogP contribution in [0.3, 0.4) is 0 Å². The number of nitrogens with one attached hydrogen (secondary N) is 1. The lowest BCUT2D eigenvalue weighted by molar-refractivity contribution is -0.128. The van der Waals surface area contributed by atoms with Gasteiger partial charge >= 0.3 is 0 Å². The van der Waals surface area contributed by atoms with E-state index in [1.165, 1.54) is 12.1 Å². The minimum absolute atomic E-state index is 0.00707. The van der Waals surface area contributed by atoms with Crippen LogP contribution in [-0.2, 0) is 4.79 Å². The van der Waals surface area contributed by atoms with Crippen molar-refractivity contribution in [1.29, 1.82) is 0 Å². The molecule has 1 aliphatic rings. The Morgan fingerprint density at radius 3 is 2.32 bits per heavy atom. The van der Waals surface area contributed by atoms with Gasteiger partial charge in [0.1, 0.15) is 11.5 Å². The summed E-state index contributed by atoms with van der Waals surface area (Å²) in [5, 5.41) is 12.9. The summed E-state index contributed by atoms with van der Waals surface area (Å²) in [6, 6.07) is 13.1. The number of aromatic hydroxyl groups is 1. The maximum absolute atomic E-state index is 12.5. The third-order valence-corrected chi connectivity index (χ3v) is 4.99. The van der Waals surface area contributed by atoms with Gasteiger partial charge in [-0.3, -0.25) is 9.59 Å². The van der Waals surface area contributed by atoms with Gasteiger partial charge in [0.2, 0.25) is 0 Å². The lowest BCUT2D eigenvalue weighted by atomic mass is 10.0. The topological polar surface area (TPSA) is 78.9 Å². The van der Waals surface area contributed by atoms with E-state index in [1.807, 2.05) is 0 Å². The van der Waals surface area contributed by atoms with Crippen molar-refractivity contribution in [3.63, 3.8) is 0 Å². The number of piperidine rings is 1. The number of phenols is 1. The van der Waals surface area contributed by atoms with Crippen molar-refractivity contribution in [3.05, 3.63) is 59.1 Å². The summed E-state index contributed by atoms with van der Waals surface area (Å²) in [5.74, 6) is 0.439. The number of halogens is 1. The van der Waals surface area contributed by atoms with E-state index in [1.54, 1.807) is 48.2 Å². The van der Waals surface area contributed by atoms with Crippen LogP contribution in [0.15, 0.2) is 48.5 Å². The van der Waals surface area contributed by atoms with Crippen LogP contribution >= 0.6 is 11.6 Å². The molecule has 1 fully saturated rings. The van der Waals surface area contributed by atoms with Crippen molar-refractivity contribution in [2.24, 2.45) is 0 Å². The highest BCUT2D eigenvalue weighted by Crippen LogP contribution is 2.18. The van der Waals surface area contributed by atoms with Gasteiger partial charge in [0.25, 0.3) is 11.8 Å². The van der Waals surface area contributed by atoms with Gasteiger partial charge in [-0.15, -0.1) is 0 Å². The first-order chi connectivity index (χ1) is 13.4. The van der Waals surface area contributed by atoms with Gasteiger partial charge in [-0.2, -0.15) is 0 Å². The zero-order chi connectivity index (χ0) is 20.1. The minimum atomic E-state index is -0.654. The highest BCUT2D eigenvalue weighted by atomic mass is 35.5. The number of likely N-dealkylation sites (tertiary alicyclic amines) is 1. The molecule has 2 N–H and O–H groups in total. The molecule has 148 valence electrons. The van der Waals surface area contributed by atoms with E-state index in [9.17, 15) is 14.7 Å². The Labute approximate surface area is 169 Å². The van der Waals surface area contributed by atoms with Crippen LogP contribution in [0.4, 0.5) is 0 Å². The van der Waals surface area contributed by atoms with Crippen molar-refractivity contribution in [2.45, 2.75) is 31.9 Å². The molecule has 1 saturated heterocycles. The van der Waals surface area contributed by atoms with Gasteiger partial charge < -0.3 is 20.1 Å². The molecule has 0 spiro atoms. The maximum Gasteiger partial charge on any atom is 0.260 e. The predicted octanol–water partition coefficient (Wildman–Crippen LogP) is 3.23. The molecule has 7 heteroatoms. The quantitative estimate of drug-likeness (QED) is 0.804. The molecule has 0 bridgehead atoms. The average Bonchev–Trinajstić information content (AvgIpc) is 2.70. The van der Waals surface area contributed by atoms with Gasteiger partial charge in [0.15, 0.2) is 6.10 Å². The van der Waals surface area contributed by atoms with E-state index in [2.05, 4.69) is 5.32 Å². The summed E-state index contributed by atoms with van der Waals surface area (Å²) >= 11 is 5.87. The van der Waals surface area contributed by atoms with Crippen LogP contribution < -0.4 is 10.1 Å². The van der Waals surface area contributed by atoms with Crippen molar-refractivity contribution in [1.82, 2.24) is 10.2 Å². The highest BCUT2D eigenvalue weighted by Gasteiger charge is 2.26. The number of benzene rings is 2. The number of hydrogen-bond donors (Lipinski definition) is 2. The van der Waals surface area contributed by atoms with Gasteiger partial charge in [-0.25, -0.2) is 0 Å². The molecular formula is C21H23ClN2O4. The highest BCUT2D eigenvalue weighted by molar-refractivity contribution is 6.30. The second-order valence-electron chi connectivity index (χ2n) is 6.84. The summed E-state index contributed by atoms with van der Waals surface area (Å²) in [7, 11) is 0. The van der Waals surface area contributed by atoms with Crippen LogP contribution in [0.25, 0.3) is 0 Å². The van der Waals surface area contributed by atoms with Crippen LogP contribution in [-0.4, -0.2) is 47.1 Å². The minimum Gasteiger partial charge on any atom is -0.508 e. The molecule has 1 unspecified atom stereocenters. The molecule has 2 aromatic rings. The van der Waals surface area contributed by atoms with E-state index in [-0.39, 0.29) is 23.6 Å². The normalized spacial score (nSPS) is 15.7. The molecule has 1 atom stereocenters. The zero-order valence-electron chi connectivity index (χ0n) is 15.6. The fourth-order valence-electron chi connectivity index (χ4n) is 3.10. The monoisotopic (exact) mass is 402 g/mol. The third kappa shape index (κ3) is 5.16. The van der Waals surface area contributed by atoms with Crippen LogP contribution in [0.1, 0.15) is 30.1 Å². The van der Waals surface area contributed by atoms with E-state index in [4.69, 9.17) is 16.3 Å². The Balaban J connectivity index is 1.46. The van der Waals surface area contributed by atoms with E-state index < -0.39 is 6.10 Å². The SMILES string of the molecule is CC(Oc1ccc(O)cc1)C(=O)NC1CCN(C(=O)c2ccc(Cl)cc2)CC1. The number of nitrogens with zero attached hydrogens (tertiary/aromatic N) is 1. The van der Waals surface area contributed by atoms with Gasteiger partial charge in [-0.1, -0.05) is 11.6 Å². The molecule has 2 aromatic carbocycles. The van der Waals surface area contributed by atoms with E-state index in [0.717, 1.165) is 0 Å². The molecule has 0 saturated carbocycles. The smallest absolute Gasteiger partial charge is 0.260 e. The van der Waals surface area contributed by atoms with Crippen LogP contribution in [0.2, 0.25) is 5.02 Å². The number of carbonyl (C=O) groups is 2. The lowest BCUT2D eigenvalue weighted by Gasteiger charge is -2.33. The largest absolute Gasteiger partial charge is 0.508 e. The Hall–Kier alpha value is -2.73. The Morgan fingerprint density at radius 1 is 1.11 bits per heavy atom.